The predicted molar refractivity (Wildman–Crippen MR) is 108 cm³/mol. The third kappa shape index (κ3) is 3.79. The van der Waals surface area contributed by atoms with Crippen LogP contribution in [0.1, 0.15) is 33.4 Å². The van der Waals surface area contributed by atoms with Crippen molar-refractivity contribution in [3.8, 4) is 10.4 Å². The first-order valence-electron chi connectivity index (χ1n) is 8.76. The number of aryl methyl sites for hydroxylation is 2. The second-order valence-electron chi connectivity index (χ2n) is 6.20. The molecule has 1 amide bonds. The lowest BCUT2D eigenvalue weighted by atomic mass is 9.91. The van der Waals surface area contributed by atoms with Crippen LogP contribution in [-0.2, 0) is 28.8 Å². The Labute approximate surface area is 165 Å². The second-order valence-corrected chi connectivity index (χ2v) is 8.11. The lowest BCUT2D eigenvalue weighted by Gasteiger charge is -2.15. The number of nitrogens with zero attached hydrogens (tertiary/aromatic N) is 1. The van der Waals surface area contributed by atoms with Crippen LogP contribution >= 0.6 is 22.7 Å². The molecule has 2 aromatic heterocycles. The van der Waals surface area contributed by atoms with Gasteiger partial charge in [-0.15, -0.1) is 22.7 Å². The van der Waals surface area contributed by atoms with Crippen molar-refractivity contribution in [3.63, 3.8) is 0 Å². The summed E-state index contributed by atoms with van der Waals surface area (Å²) < 4.78 is 4.92. The number of carbonyl (C=O) groups is 2. The summed E-state index contributed by atoms with van der Waals surface area (Å²) in [5.74, 6) is -0.478. The summed E-state index contributed by atoms with van der Waals surface area (Å²) in [6.45, 7) is 2.11. The van der Waals surface area contributed by atoms with Crippen LogP contribution in [0.5, 0.6) is 0 Å². The van der Waals surface area contributed by atoms with Gasteiger partial charge >= 0.3 is 5.97 Å². The Balaban J connectivity index is 1.48. The van der Waals surface area contributed by atoms with Crippen molar-refractivity contribution in [1.29, 1.82) is 0 Å². The van der Waals surface area contributed by atoms with E-state index in [9.17, 15) is 9.59 Å². The number of thiazole rings is 1. The summed E-state index contributed by atoms with van der Waals surface area (Å²) in [7, 11) is 0. The van der Waals surface area contributed by atoms with Gasteiger partial charge in [-0.3, -0.25) is 14.9 Å². The van der Waals surface area contributed by atoms with Crippen molar-refractivity contribution in [2.75, 3.05) is 11.9 Å². The lowest BCUT2D eigenvalue weighted by molar-refractivity contribution is -0.142. The molecule has 1 aliphatic rings. The SMILES string of the molecule is CCOC(=O)Cc1csc(NC(=O)c2cc3c(s2)-c2ccccc2CC3)n1. The second kappa shape index (κ2) is 7.62. The van der Waals surface area contributed by atoms with Crippen LogP contribution in [0.25, 0.3) is 10.4 Å². The fourth-order valence-corrected chi connectivity index (χ4v) is 5.02. The normalized spacial score (nSPS) is 12.2. The number of carbonyl (C=O) groups excluding carboxylic acids is 2. The molecule has 1 aliphatic carbocycles. The fraction of sp³-hybridized carbons (Fsp3) is 0.250. The molecule has 3 aromatic rings. The number of esters is 1. The van der Waals surface area contributed by atoms with Gasteiger partial charge in [-0.1, -0.05) is 24.3 Å². The molecule has 5 nitrogen and oxygen atoms in total. The molecule has 0 radical (unpaired) electrons. The number of hydrogen-bond donors (Lipinski definition) is 1. The van der Waals surface area contributed by atoms with Gasteiger partial charge in [0.25, 0.3) is 5.91 Å². The zero-order chi connectivity index (χ0) is 18.8. The molecule has 0 atom stereocenters. The minimum absolute atomic E-state index is 0.115. The highest BCUT2D eigenvalue weighted by atomic mass is 32.1. The predicted octanol–water partition coefficient (Wildman–Crippen LogP) is 4.33. The van der Waals surface area contributed by atoms with E-state index in [2.05, 4.69) is 28.5 Å². The van der Waals surface area contributed by atoms with Gasteiger partial charge in [-0.25, -0.2) is 4.98 Å². The van der Waals surface area contributed by atoms with Gasteiger partial charge in [0, 0.05) is 10.3 Å². The Morgan fingerprint density at radius 2 is 2.04 bits per heavy atom. The third-order valence-corrected chi connectivity index (χ3v) is 6.38. The number of ether oxygens (including phenoxy) is 1. The van der Waals surface area contributed by atoms with E-state index in [0.717, 1.165) is 12.8 Å². The van der Waals surface area contributed by atoms with E-state index in [1.54, 1.807) is 12.3 Å². The van der Waals surface area contributed by atoms with Gasteiger partial charge in [0.15, 0.2) is 5.13 Å². The number of thiophene rings is 1. The van der Waals surface area contributed by atoms with Crippen LogP contribution in [0.15, 0.2) is 35.7 Å². The van der Waals surface area contributed by atoms with E-state index in [4.69, 9.17) is 4.74 Å². The molecule has 0 aliphatic heterocycles. The standard InChI is InChI=1S/C20H18N2O3S2/c1-2-25-17(23)10-14-11-26-20(21-14)22-19(24)16-9-13-8-7-12-5-3-4-6-15(12)18(13)27-16/h3-6,9,11H,2,7-8,10H2,1H3,(H,21,22,24). The maximum atomic E-state index is 12.7. The number of aromatic nitrogens is 1. The lowest BCUT2D eigenvalue weighted by Crippen LogP contribution is -2.11. The van der Waals surface area contributed by atoms with E-state index in [1.165, 1.54) is 44.2 Å². The van der Waals surface area contributed by atoms with Gasteiger partial charge in [0.2, 0.25) is 0 Å². The summed E-state index contributed by atoms with van der Waals surface area (Å²) in [4.78, 5) is 30.4. The Bertz CT molecular complexity index is 1010. The van der Waals surface area contributed by atoms with Crippen LogP contribution in [0, 0.1) is 0 Å². The van der Waals surface area contributed by atoms with Crippen LogP contribution < -0.4 is 5.32 Å². The summed E-state index contributed by atoms with van der Waals surface area (Å²) in [5, 5.41) is 5.10. The smallest absolute Gasteiger partial charge is 0.311 e. The van der Waals surface area contributed by atoms with Crippen LogP contribution in [0.2, 0.25) is 0 Å². The van der Waals surface area contributed by atoms with E-state index < -0.39 is 0 Å². The highest BCUT2D eigenvalue weighted by Gasteiger charge is 2.22. The van der Waals surface area contributed by atoms with Gasteiger partial charge in [0.1, 0.15) is 0 Å². The molecule has 0 saturated heterocycles. The van der Waals surface area contributed by atoms with Gasteiger partial charge in [-0.2, -0.15) is 0 Å². The molecule has 1 N–H and O–H groups in total. The first-order valence-corrected chi connectivity index (χ1v) is 10.5. The largest absolute Gasteiger partial charge is 0.466 e. The molecule has 0 fully saturated rings. The first kappa shape index (κ1) is 17.9. The molecule has 0 saturated carbocycles. The van der Waals surface area contributed by atoms with Crippen LogP contribution in [0.4, 0.5) is 5.13 Å². The Hall–Kier alpha value is -2.51. The summed E-state index contributed by atoms with van der Waals surface area (Å²) in [6, 6.07) is 10.3. The number of anilines is 1. The first-order chi connectivity index (χ1) is 13.1. The Kier molecular flexibility index (Phi) is 5.05. The van der Waals surface area contributed by atoms with Crippen molar-refractivity contribution >= 4 is 39.7 Å². The molecule has 0 bridgehead atoms. The number of fused-ring (bicyclic) bond motifs is 3. The molecule has 7 heteroatoms. The monoisotopic (exact) mass is 398 g/mol. The molecule has 4 rings (SSSR count). The molecule has 0 unspecified atom stereocenters. The number of rotatable bonds is 5. The van der Waals surface area contributed by atoms with Crippen molar-refractivity contribution in [2.45, 2.75) is 26.2 Å². The van der Waals surface area contributed by atoms with Crippen LogP contribution in [-0.4, -0.2) is 23.5 Å². The third-order valence-electron chi connectivity index (χ3n) is 4.36. The minimum atomic E-state index is -0.315. The molecular weight excluding hydrogens is 380 g/mol. The van der Waals surface area contributed by atoms with Gasteiger partial charge < -0.3 is 4.74 Å². The average Bonchev–Trinajstić information content (AvgIpc) is 3.28. The highest BCUT2D eigenvalue weighted by molar-refractivity contribution is 7.18. The molecular formula is C20H18N2O3S2. The average molecular weight is 399 g/mol. The van der Waals surface area contributed by atoms with E-state index in [0.29, 0.717) is 22.3 Å². The highest BCUT2D eigenvalue weighted by Crippen LogP contribution is 2.39. The van der Waals surface area contributed by atoms with E-state index in [1.807, 2.05) is 12.1 Å². The van der Waals surface area contributed by atoms with Gasteiger partial charge in [-0.05, 0) is 42.5 Å². The topological polar surface area (TPSA) is 68.3 Å². The number of benzene rings is 1. The zero-order valence-electron chi connectivity index (χ0n) is 14.8. The molecule has 27 heavy (non-hydrogen) atoms. The fourth-order valence-electron chi connectivity index (χ4n) is 3.15. The van der Waals surface area contributed by atoms with Crippen LogP contribution in [0.3, 0.4) is 0 Å². The van der Waals surface area contributed by atoms with Crippen molar-refractivity contribution < 1.29 is 14.3 Å². The number of hydrogen-bond acceptors (Lipinski definition) is 6. The summed E-state index contributed by atoms with van der Waals surface area (Å²) in [5.41, 5.74) is 4.40. The van der Waals surface area contributed by atoms with Crippen molar-refractivity contribution in [3.05, 3.63) is 57.4 Å². The van der Waals surface area contributed by atoms with E-state index in [-0.39, 0.29) is 18.3 Å². The quantitative estimate of drug-likeness (QED) is 0.650. The maximum Gasteiger partial charge on any atom is 0.311 e. The zero-order valence-corrected chi connectivity index (χ0v) is 16.4. The summed E-state index contributed by atoms with van der Waals surface area (Å²) in [6.07, 6.45) is 2.08. The van der Waals surface area contributed by atoms with Gasteiger partial charge in [0.05, 0.1) is 23.6 Å². The maximum absolute atomic E-state index is 12.7. The van der Waals surface area contributed by atoms with Crippen molar-refractivity contribution in [2.24, 2.45) is 0 Å². The molecule has 0 spiro atoms. The minimum Gasteiger partial charge on any atom is -0.466 e. The Morgan fingerprint density at radius 1 is 1.22 bits per heavy atom. The molecule has 2 heterocycles. The Morgan fingerprint density at radius 3 is 2.89 bits per heavy atom. The number of amides is 1. The molecule has 138 valence electrons. The summed E-state index contributed by atoms with van der Waals surface area (Å²) >= 11 is 2.83. The molecule has 1 aromatic carbocycles. The number of nitrogens with one attached hydrogen (secondary N) is 1. The van der Waals surface area contributed by atoms with E-state index >= 15 is 0 Å². The van der Waals surface area contributed by atoms with Crippen molar-refractivity contribution in [1.82, 2.24) is 4.98 Å².